The smallest absolute Gasteiger partial charge is 0.331 e. The molecule has 0 saturated heterocycles. The summed E-state index contributed by atoms with van der Waals surface area (Å²) in [5, 5.41) is 13.4. The van der Waals surface area contributed by atoms with Gasteiger partial charge in [0.05, 0.1) is 18.1 Å². The van der Waals surface area contributed by atoms with Gasteiger partial charge in [-0.2, -0.15) is 0 Å². The summed E-state index contributed by atoms with van der Waals surface area (Å²) in [5.74, 6) is -1.11. The van der Waals surface area contributed by atoms with Gasteiger partial charge in [-0.05, 0) is 30.7 Å². The molecule has 140 valence electrons. The fraction of sp³-hybridized carbons (Fsp3) is 0.158. The number of hydrogen-bond donors (Lipinski definition) is 1. The third-order valence-electron chi connectivity index (χ3n) is 3.51. The predicted octanol–water partition coefficient (Wildman–Crippen LogP) is 3.11. The highest BCUT2D eigenvalue weighted by molar-refractivity contribution is 5.96. The molecular formula is C19H18N2O6. The van der Waals surface area contributed by atoms with Gasteiger partial charge >= 0.3 is 5.97 Å². The number of hydrogen-bond acceptors (Lipinski definition) is 6. The zero-order chi connectivity index (χ0) is 19.8. The van der Waals surface area contributed by atoms with Crippen LogP contribution in [0.3, 0.4) is 0 Å². The minimum atomic E-state index is -0.699. The molecule has 2 rings (SSSR count). The molecule has 0 aliphatic rings. The Bertz CT molecular complexity index is 874. The number of carbonyl (C=O) groups excluding carboxylic acids is 2. The van der Waals surface area contributed by atoms with Gasteiger partial charge in [-0.25, -0.2) is 4.79 Å². The van der Waals surface area contributed by atoms with Gasteiger partial charge < -0.3 is 14.8 Å². The number of rotatable bonds is 7. The lowest BCUT2D eigenvalue weighted by atomic mass is 10.1. The summed E-state index contributed by atoms with van der Waals surface area (Å²) in [6.45, 7) is 1.38. The Hall–Kier alpha value is -3.68. The first-order chi connectivity index (χ1) is 12.9. The topological polar surface area (TPSA) is 108 Å². The number of nitrogens with one attached hydrogen (secondary N) is 1. The van der Waals surface area contributed by atoms with Gasteiger partial charge in [0, 0.05) is 6.08 Å². The lowest BCUT2D eigenvalue weighted by Gasteiger charge is -2.07. The van der Waals surface area contributed by atoms with Gasteiger partial charge in [0.1, 0.15) is 11.4 Å². The molecule has 0 spiro atoms. The van der Waals surface area contributed by atoms with Crippen molar-refractivity contribution in [2.75, 3.05) is 19.0 Å². The maximum atomic E-state index is 11.9. The van der Waals surface area contributed by atoms with Gasteiger partial charge in [0.15, 0.2) is 6.61 Å². The second-order valence-electron chi connectivity index (χ2n) is 5.54. The van der Waals surface area contributed by atoms with E-state index in [0.29, 0.717) is 0 Å². The maximum absolute atomic E-state index is 11.9. The molecule has 1 N–H and O–H groups in total. The number of ether oxygens (including phenoxy) is 2. The number of esters is 1. The summed E-state index contributed by atoms with van der Waals surface area (Å²) in [4.78, 5) is 34.0. The molecule has 27 heavy (non-hydrogen) atoms. The molecule has 0 fully saturated rings. The summed E-state index contributed by atoms with van der Waals surface area (Å²) in [6, 6.07) is 11.5. The van der Waals surface area contributed by atoms with Crippen LogP contribution >= 0.6 is 0 Å². The second-order valence-corrected chi connectivity index (χ2v) is 5.54. The number of methoxy groups -OCH3 is 1. The molecule has 0 aliphatic heterocycles. The number of benzene rings is 2. The molecule has 8 nitrogen and oxygen atoms in total. The highest BCUT2D eigenvalue weighted by Crippen LogP contribution is 2.28. The average Bonchev–Trinajstić information content (AvgIpc) is 2.66. The van der Waals surface area contributed by atoms with Crippen LogP contribution in [0.15, 0.2) is 48.5 Å². The fourth-order valence-corrected chi connectivity index (χ4v) is 2.11. The first-order valence-electron chi connectivity index (χ1n) is 7.93. The quantitative estimate of drug-likeness (QED) is 0.347. The van der Waals surface area contributed by atoms with Gasteiger partial charge in [0.25, 0.3) is 11.6 Å². The molecule has 0 unspecified atom stereocenters. The predicted molar refractivity (Wildman–Crippen MR) is 99.5 cm³/mol. The van der Waals surface area contributed by atoms with Crippen LogP contribution in [0.5, 0.6) is 5.75 Å². The Balaban J connectivity index is 1.91. The first kappa shape index (κ1) is 19.6. The molecule has 0 atom stereocenters. The molecule has 0 aromatic heterocycles. The minimum absolute atomic E-state index is 0.0166. The van der Waals surface area contributed by atoms with Crippen LogP contribution in [-0.2, 0) is 14.3 Å². The largest absolute Gasteiger partial charge is 0.496 e. The summed E-state index contributed by atoms with van der Waals surface area (Å²) in [6.07, 6.45) is 2.77. The van der Waals surface area contributed by atoms with E-state index in [4.69, 9.17) is 9.47 Å². The third-order valence-corrected chi connectivity index (χ3v) is 3.51. The van der Waals surface area contributed by atoms with Crippen molar-refractivity contribution in [1.29, 1.82) is 0 Å². The summed E-state index contributed by atoms with van der Waals surface area (Å²) >= 11 is 0. The number of nitro benzene ring substituents is 1. The number of nitrogens with zero attached hydrogens (tertiary/aromatic N) is 1. The highest BCUT2D eigenvalue weighted by Gasteiger charge is 2.17. The number of carbonyl (C=O) groups is 2. The molecule has 1 amide bonds. The minimum Gasteiger partial charge on any atom is -0.496 e. The van der Waals surface area contributed by atoms with E-state index in [1.165, 1.54) is 31.4 Å². The molecule has 2 aromatic rings. The maximum Gasteiger partial charge on any atom is 0.331 e. The van der Waals surface area contributed by atoms with E-state index < -0.39 is 23.4 Å². The monoisotopic (exact) mass is 370 g/mol. The molecule has 0 aliphatic carbocycles. The molecule has 0 radical (unpaired) electrons. The van der Waals surface area contributed by atoms with Gasteiger partial charge in [-0.3, -0.25) is 14.9 Å². The Labute approximate surface area is 155 Å². The van der Waals surface area contributed by atoms with Crippen molar-refractivity contribution in [1.82, 2.24) is 0 Å². The number of aryl methyl sites for hydroxylation is 1. The van der Waals surface area contributed by atoms with Crippen LogP contribution in [0.4, 0.5) is 11.4 Å². The van der Waals surface area contributed by atoms with Crippen LogP contribution in [0.25, 0.3) is 6.08 Å². The van der Waals surface area contributed by atoms with Gasteiger partial charge in [-0.15, -0.1) is 0 Å². The third kappa shape index (κ3) is 5.96. The van der Waals surface area contributed by atoms with Gasteiger partial charge in [-0.1, -0.05) is 29.8 Å². The Morgan fingerprint density at radius 1 is 1.19 bits per heavy atom. The lowest BCUT2D eigenvalue weighted by molar-refractivity contribution is -0.384. The van der Waals surface area contributed by atoms with E-state index in [-0.39, 0.29) is 17.1 Å². The van der Waals surface area contributed by atoms with Crippen LogP contribution in [0.2, 0.25) is 0 Å². The Morgan fingerprint density at radius 3 is 2.52 bits per heavy atom. The SMILES string of the molecule is COc1ccc(NC(=O)COC(=O)/C=C/c2ccc(C)cc2)c([N+](=O)[O-])c1. The van der Waals surface area contributed by atoms with Crippen LogP contribution in [0.1, 0.15) is 11.1 Å². The van der Waals surface area contributed by atoms with E-state index in [2.05, 4.69) is 5.32 Å². The van der Waals surface area contributed by atoms with E-state index >= 15 is 0 Å². The summed E-state index contributed by atoms with van der Waals surface area (Å²) in [7, 11) is 1.38. The van der Waals surface area contributed by atoms with E-state index in [1.54, 1.807) is 6.08 Å². The fourth-order valence-electron chi connectivity index (χ4n) is 2.11. The van der Waals surface area contributed by atoms with E-state index in [1.807, 2.05) is 31.2 Å². The standard InChI is InChI=1S/C19H18N2O6/c1-13-3-5-14(6-4-13)7-10-19(23)27-12-18(22)20-16-9-8-15(26-2)11-17(16)21(24)25/h3-11H,12H2,1-2H3,(H,20,22)/b10-7+. The molecule has 0 saturated carbocycles. The molecule has 0 bridgehead atoms. The van der Waals surface area contributed by atoms with Crippen molar-refractivity contribution in [3.05, 3.63) is 69.8 Å². The van der Waals surface area contributed by atoms with Crippen molar-refractivity contribution in [2.24, 2.45) is 0 Å². The van der Waals surface area contributed by atoms with Crippen molar-refractivity contribution in [3.8, 4) is 5.75 Å². The lowest BCUT2D eigenvalue weighted by Crippen LogP contribution is -2.20. The molecule has 2 aromatic carbocycles. The van der Waals surface area contributed by atoms with Crippen molar-refractivity contribution < 1.29 is 24.0 Å². The Kier molecular flexibility index (Phi) is 6.65. The second kappa shape index (κ2) is 9.14. The van der Waals surface area contributed by atoms with Crippen molar-refractivity contribution in [2.45, 2.75) is 6.92 Å². The number of amides is 1. The van der Waals surface area contributed by atoms with Crippen molar-refractivity contribution in [3.63, 3.8) is 0 Å². The van der Waals surface area contributed by atoms with Crippen LogP contribution in [-0.4, -0.2) is 30.5 Å². The summed E-state index contributed by atoms with van der Waals surface area (Å²) in [5.41, 5.74) is 1.57. The van der Waals surface area contributed by atoms with Gasteiger partial charge in [0.2, 0.25) is 0 Å². The average molecular weight is 370 g/mol. The van der Waals surface area contributed by atoms with E-state index in [9.17, 15) is 19.7 Å². The highest BCUT2D eigenvalue weighted by atomic mass is 16.6. The van der Waals surface area contributed by atoms with E-state index in [0.717, 1.165) is 11.1 Å². The molecular weight excluding hydrogens is 352 g/mol. The number of anilines is 1. The first-order valence-corrected chi connectivity index (χ1v) is 7.93. The van der Waals surface area contributed by atoms with Crippen LogP contribution in [0, 0.1) is 17.0 Å². The normalized spacial score (nSPS) is 10.4. The zero-order valence-corrected chi connectivity index (χ0v) is 14.8. The van der Waals surface area contributed by atoms with Crippen LogP contribution < -0.4 is 10.1 Å². The van der Waals surface area contributed by atoms with Crippen molar-refractivity contribution >= 4 is 29.3 Å². The Morgan fingerprint density at radius 2 is 1.89 bits per heavy atom. The summed E-state index contributed by atoms with van der Waals surface area (Å²) < 4.78 is 9.75. The molecule has 0 heterocycles. The zero-order valence-electron chi connectivity index (χ0n) is 14.8. The molecule has 8 heteroatoms. The number of nitro groups is 1.